The van der Waals surface area contributed by atoms with Crippen molar-refractivity contribution in [2.75, 3.05) is 30.4 Å². The lowest BCUT2D eigenvalue weighted by atomic mass is 10.1. The first kappa shape index (κ1) is 16.1. The number of carbonyl (C=O) groups is 3. The standard InChI is InChI=1S/C19H17N3O4/c1-20-12-6-8-13(9-7-12)21-10-14(26-19(21)25)11-22-17(23)15-4-2-3-5-16(15)18(22)24/h2-9,14,20H,10-11H2,1H3. The van der Waals surface area contributed by atoms with E-state index in [4.69, 9.17) is 4.74 Å². The molecular formula is C19H17N3O4. The smallest absolute Gasteiger partial charge is 0.414 e. The van der Waals surface area contributed by atoms with E-state index in [1.807, 2.05) is 31.3 Å². The van der Waals surface area contributed by atoms with E-state index in [0.717, 1.165) is 10.6 Å². The first-order valence-electron chi connectivity index (χ1n) is 8.29. The van der Waals surface area contributed by atoms with Crippen LogP contribution in [0.1, 0.15) is 20.7 Å². The number of carbonyl (C=O) groups excluding carboxylic acids is 3. The third kappa shape index (κ3) is 2.57. The van der Waals surface area contributed by atoms with Crippen LogP contribution in [0.4, 0.5) is 16.2 Å². The van der Waals surface area contributed by atoms with Crippen LogP contribution in [0.25, 0.3) is 0 Å². The minimum Gasteiger partial charge on any atom is -0.442 e. The highest BCUT2D eigenvalue weighted by Gasteiger charge is 2.40. The van der Waals surface area contributed by atoms with E-state index in [-0.39, 0.29) is 24.9 Å². The average Bonchev–Trinajstić information content (AvgIpc) is 3.15. The van der Waals surface area contributed by atoms with Gasteiger partial charge in [0.1, 0.15) is 6.10 Å². The molecule has 7 nitrogen and oxygen atoms in total. The molecule has 0 spiro atoms. The highest BCUT2D eigenvalue weighted by Crippen LogP contribution is 2.27. The first-order chi connectivity index (χ1) is 12.6. The molecule has 26 heavy (non-hydrogen) atoms. The second kappa shape index (κ2) is 6.18. The molecule has 132 valence electrons. The SMILES string of the molecule is CNc1ccc(N2CC(CN3C(=O)c4ccccc4C3=O)OC2=O)cc1. The quantitative estimate of drug-likeness (QED) is 0.856. The number of nitrogens with zero attached hydrogens (tertiary/aromatic N) is 2. The fourth-order valence-electron chi connectivity index (χ4n) is 3.24. The summed E-state index contributed by atoms with van der Waals surface area (Å²) in [5.41, 5.74) is 2.42. The van der Waals surface area contributed by atoms with Gasteiger partial charge in [-0.05, 0) is 36.4 Å². The predicted molar refractivity (Wildman–Crippen MR) is 95.4 cm³/mol. The highest BCUT2D eigenvalue weighted by molar-refractivity contribution is 6.21. The number of cyclic esters (lactones) is 1. The van der Waals surface area contributed by atoms with E-state index in [9.17, 15) is 14.4 Å². The zero-order chi connectivity index (χ0) is 18.3. The first-order valence-corrected chi connectivity index (χ1v) is 8.29. The molecule has 7 heteroatoms. The van der Waals surface area contributed by atoms with Gasteiger partial charge in [0.25, 0.3) is 11.8 Å². The molecule has 1 unspecified atom stereocenters. The van der Waals surface area contributed by atoms with Crippen LogP contribution >= 0.6 is 0 Å². The zero-order valence-electron chi connectivity index (χ0n) is 14.1. The Balaban J connectivity index is 1.48. The lowest BCUT2D eigenvalue weighted by Gasteiger charge is -2.17. The van der Waals surface area contributed by atoms with E-state index >= 15 is 0 Å². The maximum absolute atomic E-state index is 12.4. The number of imide groups is 1. The van der Waals surface area contributed by atoms with Crippen molar-refractivity contribution in [1.82, 2.24) is 4.90 Å². The Labute approximate surface area is 150 Å². The van der Waals surface area contributed by atoms with E-state index in [1.54, 1.807) is 24.3 Å². The van der Waals surface area contributed by atoms with Gasteiger partial charge in [0.05, 0.1) is 24.2 Å². The van der Waals surface area contributed by atoms with Gasteiger partial charge in [-0.15, -0.1) is 0 Å². The number of rotatable bonds is 4. The third-order valence-corrected chi connectivity index (χ3v) is 4.61. The number of nitrogens with one attached hydrogen (secondary N) is 1. The van der Waals surface area contributed by atoms with Crippen molar-refractivity contribution in [2.45, 2.75) is 6.10 Å². The summed E-state index contributed by atoms with van der Waals surface area (Å²) < 4.78 is 5.37. The van der Waals surface area contributed by atoms with Crippen LogP contribution in [-0.2, 0) is 4.74 Å². The number of ether oxygens (including phenoxy) is 1. The molecule has 2 aliphatic rings. The number of amides is 3. The fourth-order valence-corrected chi connectivity index (χ4v) is 3.24. The van der Waals surface area contributed by atoms with Crippen LogP contribution in [0.3, 0.4) is 0 Å². The van der Waals surface area contributed by atoms with Gasteiger partial charge >= 0.3 is 6.09 Å². The Kier molecular flexibility index (Phi) is 3.84. The third-order valence-electron chi connectivity index (χ3n) is 4.61. The Hall–Kier alpha value is -3.35. The molecule has 0 aromatic heterocycles. The van der Waals surface area contributed by atoms with Crippen molar-refractivity contribution < 1.29 is 19.1 Å². The van der Waals surface area contributed by atoms with Crippen LogP contribution in [0.15, 0.2) is 48.5 Å². The van der Waals surface area contributed by atoms with Gasteiger partial charge in [-0.2, -0.15) is 0 Å². The van der Waals surface area contributed by atoms with Crippen molar-refractivity contribution in [1.29, 1.82) is 0 Å². The number of fused-ring (bicyclic) bond motifs is 1. The maximum Gasteiger partial charge on any atom is 0.414 e. The Morgan fingerprint density at radius 2 is 1.62 bits per heavy atom. The molecule has 1 atom stereocenters. The average molecular weight is 351 g/mol. The summed E-state index contributed by atoms with van der Waals surface area (Å²) in [5, 5.41) is 3.02. The summed E-state index contributed by atoms with van der Waals surface area (Å²) in [6, 6.07) is 14.1. The molecule has 2 aromatic rings. The molecular weight excluding hydrogens is 334 g/mol. The van der Waals surface area contributed by atoms with Crippen molar-refractivity contribution in [3.05, 3.63) is 59.7 Å². The monoisotopic (exact) mass is 351 g/mol. The minimum atomic E-state index is -0.561. The van der Waals surface area contributed by atoms with Gasteiger partial charge in [0.2, 0.25) is 0 Å². The van der Waals surface area contributed by atoms with Crippen LogP contribution < -0.4 is 10.2 Å². The lowest BCUT2D eigenvalue weighted by molar-refractivity contribution is 0.0558. The summed E-state index contributed by atoms with van der Waals surface area (Å²) >= 11 is 0. The maximum atomic E-state index is 12.4. The summed E-state index contributed by atoms with van der Waals surface area (Å²) in [6.07, 6.45) is -1.04. The summed E-state index contributed by atoms with van der Waals surface area (Å²) in [4.78, 5) is 39.7. The van der Waals surface area contributed by atoms with Gasteiger partial charge in [0, 0.05) is 18.4 Å². The van der Waals surface area contributed by atoms with Crippen LogP contribution in [-0.4, -0.2) is 49.0 Å². The van der Waals surface area contributed by atoms with Crippen molar-refractivity contribution in [2.24, 2.45) is 0 Å². The topological polar surface area (TPSA) is 78.9 Å². The van der Waals surface area contributed by atoms with Crippen molar-refractivity contribution in [3.8, 4) is 0 Å². The summed E-state index contributed by atoms with van der Waals surface area (Å²) in [5.74, 6) is -0.697. The van der Waals surface area contributed by atoms with Crippen molar-refractivity contribution >= 4 is 29.3 Å². The van der Waals surface area contributed by atoms with Gasteiger partial charge in [-0.1, -0.05) is 12.1 Å². The molecule has 1 saturated heterocycles. The summed E-state index contributed by atoms with van der Waals surface area (Å²) in [7, 11) is 1.82. The molecule has 0 bridgehead atoms. The van der Waals surface area contributed by atoms with Crippen LogP contribution in [0, 0.1) is 0 Å². The van der Waals surface area contributed by atoms with Crippen molar-refractivity contribution in [3.63, 3.8) is 0 Å². The second-order valence-corrected chi connectivity index (χ2v) is 6.18. The number of anilines is 2. The van der Waals surface area contributed by atoms with Gasteiger partial charge in [0.15, 0.2) is 0 Å². The fraction of sp³-hybridized carbons (Fsp3) is 0.211. The molecule has 1 N–H and O–H groups in total. The second-order valence-electron chi connectivity index (χ2n) is 6.18. The van der Waals surface area contributed by atoms with Gasteiger partial charge in [-0.3, -0.25) is 19.4 Å². The highest BCUT2D eigenvalue weighted by atomic mass is 16.6. The predicted octanol–water partition coefficient (Wildman–Crippen LogP) is 2.35. The number of hydrogen-bond acceptors (Lipinski definition) is 5. The Morgan fingerprint density at radius 1 is 1.00 bits per heavy atom. The lowest BCUT2D eigenvalue weighted by Crippen LogP contribution is -2.38. The molecule has 3 amide bonds. The summed E-state index contributed by atoms with van der Waals surface area (Å²) in [6.45, 7) is 0.328. The van der Waals surface area contributed by atoms with E-state index < -0.39 is 12.2 Å². The molecule has 4 rings (SSSR count). The molecule has 0 saturated carbocycles. The molecule has 0 aliphatic carbocycles. The van der Waals surface area contributed by atoms with Gasteiger partial charge in [-0.25, -0.2) is 4.79 Å². The Morgan fingerprint density at radius 3 is 2.19 bits per heavy atom. The van der Waals surface area contributed by atoms with E-state index in [1.165, 1.54) is 4.90 Å². The van der Waals surface area contributed by atoms with E-state index in [2.05, 4.69) is 5.32 Å². The molecule has 0 radical (unpaired) electrons. The van der Waals surface area contributed by atoms with Gasteiger partial charge < -0.3 is 10.1 Å². The van der Waals surface area contributed by atoms with E-state index in [0.29, 0.717) is 16.8 Å². The zero-order valence-corrected chi connectivity index (χ0v) is 14.1. The Bertz CT molecular complexity index is 859. The molecule has 2 aliphatic heterocycles. The normalized spacial score (nSPS) is 19.0. The largest absolute Gasteiger partial charge is 0.442 e. The number of benzene rings is 2. The minimum absolute atomic E-state index is 0.0448. The van der Waals surface area contributed by atoms with Crippen LogP contribution in [0.5, 0.6) is 0 Å². The molecule has 1 fully saturated rings. The molecule has 2 aromatic carbocycles. The van der Waals surface area contributed by atoms with Crippen LogP contribution in [0.2, 0.25) is 0 Å². The number of hydrogen-bond donors (Lipinski definition) is 1. The molecule has 2 heterocycles.